The molecule has 0 unspecified atom stereocenters. The van der Waals surface area contributed by atoms with E-state index in [4.69, 9.17) is 4.74 Å². The van der Waals surface area contributed by atoms with Crippen molar-refractivity contribution >= 4 is 24.6 Å². The largest absolute Gasteiger partial charge is 0.494 e. The summed E-state index contributed by atoms with van der Waals surface area (Å²) >= 11 is 0. The summed E-state index contributed by atoms with van der Waals surface area (Å²) in [6, 6.07) is 16.8. The van der Waals surface area contributed by atoms with E-state index in [2.05, 4.69) is 22.3 Å². The van der Waals surface area contributed by atoms with Gasteiger partial charge in [-0.05, 0) is 104 Å². The maximum Gasteiger partial charge on any atom is 0.356 e. The molecule has 3 aromatic carbocycles. The van der Waals surface area contributed by atoms with Crippen LogP contribution in [0, 0.1) is 5.82 Å². The number of urea groups is 1. The van der Waals surface area contributed by atoms with Crippen LogP contribution in [-0.4, -0.2) is 52.5 Å². The number of carbonyl (C=O) groups is 1. The van der Waals surface area contributed by atoms with Gasteiger partial charge in [0.2, 0.25) is 0 Å². The molecule has 2 aliphatic heterocycles. The second kappa shape index (κ2) is 10.9. The van der Waals surface area contributed by atoms with Gasteiger partial charge in [0.15, 0.2) is 0 Å². The standard InChI is InChI=1S/C31H35FN3O5P/c1-2-40-29-18-28(22-5-7-24(32)8-6-22)27(21-3-4-21)17-23(29)19-34-15-13-31(14-16-34)20-35(30(36)33-31)25-9-11-26(12-10-25)41(37,38)39/h5-12,17-18,21H,2-4,13-16,19-20H2,1H3,(H,33,36)(H2,37,38,39). The molecular weight excluding hydrogens is 544 g/mol. The van der Waals surface area contributed by atoms with Crippen LogP contribution in [0.3, 0.4) is 0 Å². The molecule has 8 nitrogen and oxygen atoms in total. The van der Waals surface area contributed by atoms with Gasteiger partial charge in [-0.2, -0.15) is 0 Å². The molecule has 0 atom stereocenters. The summed E-state index contributed by atoms with van der Waals surface area (Å²) in [5.41, 5.74) is 4.83. The molecule has 0 bridgehead atoms. The second-order valence-electron chi connectivity index (χ2n) is 11.4. The Labute approximate surface area is 239 Å². The molecule has 1 spiro atoms. The molecule has 216 valence electrons. The summed E-state index contributed by atoms with van der Waals surface area (Å²) in [6.07, 6.45) is 3.91. The van der Waals surface area contributed by atoms with Crippen molar-refractivity contribution in [2.24, 2.45) is 0 Å². The maximum absolute atomic E-state index is 13.6. The molecule has 3 aliphatic rings. The average molecular weight is 580 g/mol. The zero-order chi connectivity index (χ0) is 28.8. The van der Waals surface area contributed by atoms with E-state index in [9.17, 15) is 23.5 Å². The first kappa shape index (κ1) is 27.9. The zero-order valence-electron chi connectivity index (χ0n) is 23.1. The molecule has 2 amide bonds. The SMILES string of the molecule is CCOc1cc(-c2ccc(F)cc2)c(C2CC2)cc1CN1CCC2(CC1)CN(c1ccc(P(=O)(O)O)cc1)C(=O)N2. The molecule has 2 heterocycles. The van der Waals surface area contributed by atoms with Gasteiger partial charge in [0.05, 0.1) is 24.0 Å². The minimum Gasteiger partial charge on any atom is -0.494 e. The highest BCUT2D eigenvalue weighted by atomic mass is 31.2. The number of anilines is 1. The number of likely N-dealkylation sites (tertiary alicyclic amines) is 1. The second-order valence-corrected chi connectivity index (χ2v) is 13.0. The third-order valence-electron chi connectivity index (χ3n) is 8.49. The highest BCUT2D eigenvalue weighted by Gasteiger charge is 2.45. The van der Waals surface area contributed by atoms with Crippen molar-refractivity contribution in [1.82, 2.24) is 10.2 Å². The van der Waals surface area contributed by atoms with E-state index in [-0.39, 0.29) is 22.7 Å². The Bertz CT molecular complexity index is 1480. The Morgan fingerprint density at radius 2 is 1.73 bits per heavy atom. The first-order valence-electron chi connectivity index (χ1n) is 14.2. The summed E-state index contributed by atoms with van der Waals surface area (Å²) in [5, 5.41) is 3.13. The number of carbonyl (C=O) groups excluding carboxylic acids is 1. The summed E-state index contributed by atoms with van der Waals surface area (Å²) in [7, 11) is -4.33. The number of benzene rings is 3. The Hall–Kier alpha value is -3.23. The van der Waals surface area contributed by atoms with E-state index >= 15 is 0 Å². The molecule has 41 heavy (non-hydrogen) atoms. The molecule has 1 aliphatic carbocycles. The summed E-state index contributed by atoms with van der Waals surface area (Å²) in [6.45, 7) is 5.42. The third-order valence-corrected chi connectivity index (χ3v) is 9.46. The number of nitrogens with one attached hydrogen (secondary N) is 1. The molecule has 1 saturated carbocycles. The van der Waals surface area contributed by atoms with Crippen LogP contribution in [0.25, 0.3) is 11.1 Å². The van der Waals surface area contributed by atoms with Crippen LogP contribution in [-0.2, 0) is 11.1 Å². The third kappa shape index (κ3) is 5.90. The van der Waals surface area contributed by atoms with Crippen molar-refractivity contribution in [3.8, 4) is 16.9 Å². The van der Waals surface area contributed by atoms with Crippen molar-refractivity contribution in [2.45, 2.75) is 50.6 Å². The maximum atomic E-state index is 13.6. The Kier molecular flexibility index (Phi) is 7.41. The van der Waals surface area contributed by atoms with Crippen LogP contribution in [0.5, 0.6) is 5.75 Å². The van der Waals surface area contributed by atoms with Crippen LogP contribution in [0.4, 0.5) is 14.9 Å². The smallest absolute Gasteiger partial charge is 0.356 e. The summed E-state index contributed by atoms with van der Waals surface area (Å²) in [5.74, 6) is 1.13. The summed E-state index contributed by atoms with van der Waals surface area (Å²) < 4.78 is 31.2. The Balaban J connectivity index is 1.16. The first-order valence-corrected chi connectivity index (χ1v) is 15.8. The Morgan fingerprint density at radius 1 is 1.05 bits per heavy atom. The molecular formula is C31H35FN3O5P. The van der Waals surface area contributed by atoms with Crippen LogP contribution in [0.2, 0.25) is 0 Å². The fourth-order valence-corrected chi connectivity index (χ4v) is 6.61. The molecule has 2 saturated heterocycles. The number of piperidine rings is 1. The van der Waals surface area contributed by atoms with E-state index in [0.717, 1.165) is 67.8 Å². The van der Waals surface area contributed by atoms with E-state index in [1.54, 1.807) is 17.0 Å². The fourth-order valence-electron chi connectivity index (χ4n) is 6.08. The number of amides is 2. The number of halogens is 1. The molecule has 0 aromatic heterocycles. The predicted octanol–water partition coefficient (Wildman–Crippen LogP) is 5.14. The lowest BCUT2D eigenvalue weighted by molar-refractivity contribution is 0.149. The van der Waals surface area contributed by atoms with Crippen LogP contribution in [0.15, 0.2) is 60.7 Å². The van der Waals surface area contributed by atoms with E-state index in [1.807, 2.05) is 19.1 Å². The minimum absolute atomic E-state index is 0.0640. The normalized spacial score (nSPS) is 19.0. The quantitative estimate of drug-likeness (QED) is 0.320. The number of nitrogens with zero attached hydrogens (tertiary/aromatic N) is 2. The highest BCUT2D eigenvalue weighted by Crippen LogP contribution is 2.47. The number of ether oxygens (including phenoxy) is 1. The lowest BCUT2D eigenvalue weighted by Gasteiger charge is -2.39. The van der Waals surface area contributed by atoms with Gasteiger partial charge in [-0.15, -0.1) is 0 Å². The summed E-state index contributed by atoms with van der Waals surface area (Å²) in [4.78, 5) is 35.7. The number of hydrogen-bond donors (Lipinski definition) is 3. The number of rotatable bonds is 8. The van der Waals surface area contributed by atoms with Crippen LogP contribution >= 0.6 is 7.60 Å². The first-order chi connectivity index (χ1) is 19.6. The minimum atomic E-state index is -4.33. The van der Waals surface area contributed by atoms with Gasteiger partial charge in [0.25, 0.3) is 0 Å². The van der Waals surface area contributed by atoms with Gasteiger partial charge in [0.1, 0.15) is 11.6 Å². The van der Waals surface area contributed by atoms with Gasteiger partial charge >= 0.3 is 13.6 Å². The lowest BCUT2D eigenvalue weighted by Crippen LogP contribution is -2.52. The predicted molar refractivity (Wildman–Crippen MR) is 156 cm³/mol. The van der Waals surface area contributed by atoms with Crippen LogP contribution < -0.4 is 20.3 Å². The van der Waals surface area contributed by atoms with Gasteiger partial charge in [-0.1, -0.05) is 12.1 Å². The molecule has 6 rings (SSSR count). The van der Waals surface area contributed by atoms with E-state index in [0.29, 0.717) is 24.8 Å². The van der Waals surface area contributed by atoms with Crippen molar-refractivity contribution in [1.29, 1.82) is 0 Å². The fraction of sp³-hybridized carbons (Fsp3) is 0.387. The molecule has 3 N–H and O–H groups in total. The number of hydrogen-bond acceptors (Lipinski definition) is 4. The van der Waals surface area contributed by atoms with Crippen molar-refractivity contribution in [2.75, 3.05) is 31.1 Å². The van der Waals surface area contributed by atoms with E-state index in [1.165, 1.54) is 29.8 Å². The average Bonchev–Trinajstić information content (AvgIpc) is 3.74. The van der Waals surface area contributed by atoms with Gasteiger partial charge in [-0.3, -0.25) is 14.4 Å². The molecule has 0 radical (unpaired) electrons. The van der Waals surface area contributed by atoms with Gasteiger partial charge in [-0.25, -0.2) is 9.18 Å². The zero-order valence-corrected chi connectivity index (χ0v) is 23.9. The van der Waals surface area contributed by atoms with Crippen molar-refractivity contribution < 1.29 is 28.3 Å². The van der Waals surface area contributed by atoms with Gasteiger partial charge < -0.3 is 19.8 Å². The Morgan fingerprint density at radius 3 is 2.34 bits per heavy atom. The molecule has 3 fully saturated rings. The van der Waals surface area contributed by atoms with E-state index < -0.39 is 7.60 Å². The molecule has 10 heteroatoms. The van der Waals surface area contributed by atoms with Crippen molar-refractivity contribution in [3.05, 3.63) is 77.6 Å². The van der Waals surface area contributed by atoms with Crippen LogP contribution in [0.1, 0.15) is 49.7 Å². The lowest BCUT2D eigenvalue weighted by atomic mass is 9.87. The molecule has 3 aromatic rings. The highest BCUT2D eigenvalue weighted by molar-refractivity contribution is 7.60. The monoisotopic (exact) mass is 579 g/mol. The topological polar surface area (TPSA) is 102 Å². The van der Waals surface area contributed by atoms with Gasteiger partial charge in [0, 0.05) is 30.9 Å². The van der Waals surface area contributed by atoms with Crippen molar-refractivity contribution in [3.63, 3.8) is 0 Å².